The Morgan fingerprint density at radius 3 is 2.70 bits per heavy atom. The predicted molar refractivity (Wildman–Crippen MR) is 86.2 cm³/mol. The van der Waals surface area contributed by atoms with Crippen molar-refractivity contribution in [2.24, 2.45) is 5.92 Å². The second kappa shape index (κ2) is 6.13. The van der Waals surface area contributed by atoms with Crippen LogP contribution in [0.15, 0.2) is 24.3 Å². The van der Waals surface area contributed by atoms with Gasteiger partial charge in [-0.05, 0) is 36.5 Å². The summed E-state index contributed by atoms with van der Waals surface area (Å²) < 4.78 is 11.0. The first-order chi connectivity index (χ1) is 11.2. The Balaban J connectivity index is 1.41. The van der Waals surface area contributed by atoms with Crippen molar-refractivity contribution in [3.8, 4) is 5.75 Å². The van der Waals surface area contributed by atoms with Crippen molar-refractivity contribution in [3.05, 3.63) is 29.8 Å². The minimum Gasteiger partial charge on any atom is -0.497 e. The molecular formula is C18H24N2O3. The van der Waals surface area contributed by atoms with Crippen LogP contribution in [0.2, 0.25) is 0 Å². The second-order valence-electron chi connectivity index (χ2n) is 6.95. The van der Waals surface area contributed by atoms with Crippen LogP contribution in [0.4, 0.5) is 0 Å². The molecule has 1 aromatic rings. The number of hydrogen-bond donors (Lipinski definition) is 0. The molecule has 1 aliphatic carbocycles. The van der Waals surface area contributed by atoms with Crippen molar-refractivity contribution in [2.75, 3.05) is 33.4 Å². The van der Waals surface area contributed by atoms with Gasteiger partial charge in [-0.1, -0.05) is 12.1 Å². The Morgan fingerprint density at radius 2 is 2.00 bits per heavy atom. The summed E-state index contributed by atoms with van der Waals surface area (Å²) in [6, 6.07) is 8.44. The Bertz CT molecular complexity index is 570. The normalized spacial score (nSPS) is 28.0. The molecule has 0 unspecified atom stereocenters. The summed E-state index contributed by atoms with van der Waals surface area (Å²) in [6.45, 7) is 3.90. The van der Waals surface area contributed by atoms with E-state index in [4.69, 9.17) is 9.47 Å². The van der Waals surface area contributed by atoms with E-state index < -0.39 is 0 Å². The van der Waals surface area contributed by atoms with Crippen molar-refractivity contribution in [1.82, 2.24) is 9.80 Å². The molecule has 2 saturated heterocycles. The Hall–Kier alpha value is -1.59. The summed E-state index contributed by atoms with van der Waals surface area (Å²) in [6.07, 6.45) is 2.72. The smallest absolute Gasteiger partial charge is 0.248 e. The number of nitrogens with zero attached hydrogens (tertiary/aromatic N) is 2. The summed E-state index contributed by atoms with van der Waals surface area (Å²) in [5.41, 5.74) is 1.27. The molecule has 1 aromatic carbocycles. The number of likely N-dealkylation sites (tertiary alicyclic amines) is 1. The molecule has 0 radical (unpaired) electrons. The van der Waals surface area contributed by atoms with Crippen LogP contribution >= 0.6 is 0 Å². The average molecular weight is 316 g/mol. The number of hydrogen-bond acceptors (Lipinski definition) is 4. The van der Waals surface area contributed by atoms with Gasteiger partial charge in [-0.3, -0.25) is 9.69 Å². The number of morpholine rings is 1. The predicted octanol–water partition coefficient (Wildman–Crippen LogP) is 1.52. The first kappa shape index (κ1) is 15.0. The van der Waals surface area contributed by atoms with E-state index in [1.54, 1.807) is 7.11 Å². The summed E-state index contributed by atoms with van der Waals surface area (Å²) in [7, 11) is 1.68. The number of methoxy groups -OCH3 is 1. The number of rotatable bonds is 5. The van der Waals surface area contributed by atoms with Gasteiger partial charge in [0.25, 0.3) is 0 Å². The van der Waals surface area contributed by atoms with Gasteiger partial charge in [-0.15, -0.1) is 0 Å². The number of fused-ring (bicyclic) bond motifs is 1. The second-order valence-corrected chi connectivity index (χ2v) is 6.95. The molecule has 4 rings (SSSR count). The van der Waals surface area contributed by atoms with E-state index in [1.165, 1.54) is 18.4 Å². The maximum atomic E-state index is 12.2. The van der Waals surface area contributed by atoms with Crippen LogP contribution in [-0.2, 0) is 16.1 Å². The molecule has 2 heterocycles. The average Bonchev–Trinajstić information content (AvgIpc) is 3.29. The maximum absolute atomic E-state index is 12.2. The number of ether oxygens (including phenoxy) is 2. The minimum atomic E-state index is 0.171. The Labute approximate surface area is 137 Å². The molecule has 124 valence electrons. The zero-order valence-corrected chi connectivity index (χ0v) is 13.6. The van der Waals surface area contributed by atoms with Crippen molar-refractivity contribution < 1.29 is 14.3 Å². The van der Waals surface area contributed by atoms with E-state index in [1.807, 2.05) is 12.1 Å². The van der Waals surface area contributed by atoms with Gasteiger partial charge in [0.15, 0.2) is 0 Å². The van der Waals surface area contributed by atoms with Gasteiger partial charge in [0.2, 0.25) is 5.91 Å². The lowest BCUT2D eigenvalue weighted by Crippen LogP contribution is -2.54. The van der Waals surface area contributed by atoms with Gasteiger partial charge in [-0.25, -0.2) is 0 Å². The number of carbonyl (C=O) groups excluding carboxylic acids is 1. The monoisotopic (exact) mass is 316 g/mol. The van der Waals surface area contributed by atoms with Crippen LogP contribution in [0, 0.1) is 5.92 Å². The van der Waals surface area contributed by atoms with Gasteiger partial charge >= 0.3 is 0 Å². The van der Waals surface area contributed by atoms with Crippen LogP contribution in [-0.4, -0.2) is 61.2 Å². The lowest BCUT2D eigenvalue weighted by Gasteiger charge is -2.36. The van der Waals surface area contributed by atoms with Gasteiger partial charge in [0.05, 0.1) is 19.3 Å². The zero-order valence-electron chi connectivity index (χ0n) is 13.6. The molecule has 2 aliphatic heterocycles. The van der Waals surface area contributed by atoms with Gasteiger partial charge in [0.1, 0.15) is 12.4 Å². The van der Waals surface area contributed by atoms with E-state index in [0.29, 0.717) is 0 Å². The highest BCUT2D eigenvalue weighted by atomic mass is 16.5. The van der Waals surface area contributed by atoms with Gasteiger partial charge in [0, 0.05) is 26.2 Å². The third-order valence-electron chi connectivity index (χ3n) is 5.17. The molecule has 0 bridgehead atoms. The van der Waals surface area contributed by atoms with Crippen molar-refractivity contribution in [3.63, 3.8) is 0 Å². The Morgan fingerprint density at radius 1 is 1.22 bits per heavy atom. The lowest BCUT2D eigenvalue weighted by molar-refractivity contribution is -0.153. The van der Waals surface area contributed by atoms with Crippen LogP contribution < -0.4 is 4.74 Å². The number of amides is 1. The largest absolute Gasteiger partial charge is 0.497 e. The standard InChI is InChI=1S/C18H24N2O3/c1-22-15-6-4-13(5-7-15)8-19-10-16-17(11-19)23-12-18(21)20(16)9-14-2-3-14/h4-7,14,16-17H,2-3,8-12H2,1H3/t16-,17-/m0/s1. The lowest BCUT2D eigenvalue weighted by atomic mass is 10.1. The third-order valence-corrected chi connectivity index (χ3v) is 5.17. The minimum absolute atomic E-state index is 0.171. The first-order valence-corrected chi connectivity index (χ1v) is 8.49. The molecule has 0 N–H and O–H groups in total. The third kappa shape index (κ3) is 3.21. The van der Waals surface area contributed by atoms with E-state index in [0.717, 1.165) is 37.8 Å². The fourth-order valence-corrected chi connectivity index (χ4v) is 3.68. The molecule has 5 heteroatoms. The van der Waals surface area contributed by atoms with Crippen LogP contribution in [0.5, 0.6) is 5.75 Å². The topological polar surface area (TPSA) is 42.0 Å². The highest BCUT2D eigenvalue weighted by Crippen LogP contribution is 2.33. The summed E-state index contributed by atoms with van der Waals surface area (Å²) in [5, 5.41) is 0. The quantitative estimate of drug-likeness (QED) is 0.826. The van der Waals surface area contributed by atoms with E-state index in [2.05, 4.69) is 21.9 Å². The van der Waals surface area contributed by atoms with Crippen molar-refractivity contribution >= 4 is 5.91 Å². The molecule has 1 saturated carbocycles. The number of benzene rings is 1. The molecule has 2 atom stereocenters. The van der Waals surface area contributed by atoms with Crippen LogP contribution in [0.25, 0.3) is 0 Å². The molecule has 3 aliphatic rings. The molecule has 0 spiro atoms. The maximum Gasteiger partial charge on any atom is 0.248 e. The highest BCUT2D eigenvalue weighted by molar-refractivity contribution is 5.78. The van der Waals surface area contributed by atoms with Gasteiger partial charge in [-0.2, -0.15) is 0 Å². The van der Waals surface area contributed by atoms with Gasteiger partial charge < -0.3 is 14.4 Å². The molecule has 23 heavy (non-hydrogen) atoms. The summed E-state index contributed by atoms with van der Waals surface area (Å²) in [5.74, 6) is 1.78. The van der Waals surface area contributed by atoms with Crippen molar-refractivity contribution in [1.29, 1.82) is 0 Å². The molecule has 1 amide bonds. The number of carbonyl (C=O) groups is 1. The SMILES string of the molecule is COc1ccc(CN2C[C@@H]3OCC(=O)N(CC4CC4)[C@H]3C2)cc1. The summed E-state index contributed by atoms with van der Waals surface area (Å²) >= 11 is 0. The summed E-state index contributed by atoms with van der Waals surface area (Å²) in [4.78, 5) is 16.7. The van der Waals surface area contributed by atoms with E-state index >= 15 is 0 Å². The molecular weight excluding hydrogens is 292 g/mol. The fourth-order valence-electron chi connectivity index (χ4n) is 3.68. The van der Waals surface area contributed by atoms with Crippen LogP contribution in [0.1, 0.15) is 18.4 Å². The first-order valence-electron chi connectivity index (χ1n) is 8.49. The molecule has 0 aromatic heterocycles. The van der Waals surface area contributed by atoms with E-state index in [-0.39, 0.29) is 24.7 Å². The fraction of sp³-hybridized carbons (Fsp3) is 0.611. The molecule has 5 nitrogen and oxygen atoms in total. The zero-order chi connectivity index (χ0) is 15.8. The highest BCUT2D eigenvalue weighted by Gasteiger charge is 2.44. The molecule has 3 fully saturated rings. The van der Waals surface area contributed by atoms with Crippen molar-refractivity contribution in [2.45, 2.75) is 31.5 Å². The van der Waals surface area contributed by atoms with Crippen LogP contribution in [0.3, 0.4) is 0 Å². The van der Waals surface area contributed by atoms with E-state index in [9.17, 15) is 4.79 Å². The Kier molecular flexibility index (Phi) is 3.99.